The highest BCUT2D eigenvalue weighted by Crippen LogP contribution is 2.29. The maximum Gasteiger partial charge on any atom is 0.264 e. The van der Waals surface area contributed by atoms with Crippen LogP contribution in [0.5, 0.6) is 0 Å². The standard InChI is InChI=1S/C35H38ClN3O4S/c1-3-4-22-37-35(41)33(23-28-14-8-5-9-15-28)38(25-29-16-10-6-11-17-29)34(40)26-39(30-21-20-27(2)32(36)24-30)44(42,43)31-18-12-7-13-19-31/h5-21,24,33H,3-4,22-23,25-26H2,1-2H3,(H,37,41)/t33-/m1/s1. The van der Waals surface area contributed by atoms with E-state index in [4.69, 9.17) is 11.6 Å². The highest BCUT2D eigenvalue weighted by molar-refractivity contribution is 7.92. The zero-order valence-electron chi connectivity index (χ0n) is 25.0. The van der Waals surface area contributed by atoms with E-state index in [1.54, 1.807) is 36.4 Å². The third-order valence-electron chi connectivity index (χ3n) is 7.35. The van der Waals surface area contributed by atoms with Gasteiger partial charge < -0.3 is 10.2 Å². The lowest BCUT2D eigenvalue weighted by Gasteiger charge is -2.34. The van der Waals surface area contributed by atoms with Crippen LogP contribution in [0, 0.1) is 6.92 Å². The van der Waals surface area contributed by atoms with Crippen molar-refractivity contribution in [3.05, 3.63) is 131 Å². The van der Waals surface area contributed by atoms with Gasteiger partial charge >= 0.3 is 0 Å². The number of aryl methyl sites for hydroxylation is 1. The smallest absolute Gasteiger partial charge is 0.264 e. The molecular weight excluding hydrogens is 594 g/mol. The first kappa shape index (κ1) is 32.8. The summed E-state index contributed by atoms with van der Waals surface area (Å²) in [6.45, 7) is 3.92. The number of hydrogen-bond acceptors (Lipinski definition) is 4. The van der Waals surface area contributed by atoms with Gasteiger partial charge in [-0.1, -0.05) is 110 Å². The second-order valence-electron chi connectivity index (χ2n) is 10.6. The summed E-state index contributed by atoms with van der Waals surface area (Å²) < 4.78 is 29.2. The molecule has 1 atom stereocenters. The fourth-order valence-corrected chi connectivity index (χ4v) is 6.43. The van der Waals surface area contributed by atoms with E-state index in [0.29, 0.717) is 11.6 Å². The van der Waals surface area contributed by atoms with Crippen LogP contribution in [-0.4, -0.2) is 44.3 Å². The molecule has 0 aliphatic heterocycles. The zero-order valence-corrected chi connectivity index (χ0v) is 26.6. The lowest BCUT2D eigenvalue weighted by atomic mass is 10.0. The minimum absolute atomic E-state index is 0.0391. The number of carbonyl (C=O) groups is 2. The first-order chi connectivity index (χ1) is 21.2. The quantitative estimate of drug-likeness (QED) is 0.163. The van der Waals surface area contributed by atoms with Gasteiger partial charge in [0.1, 0.15) is 12.6 Å². The van der Waals surface area contributed by atoms with E-state index >= 15 is 0 Å². The number of anilines is 1. The largest absolute Gasteiger partial charge is 0.354 e. The summed E-state index contributed by atoms with van der Waals surface area (Å²) in [6.07, 6.45) is 1.97. The Morgan fingerprint density at radius 3 is 2.02 bits per heavy atom. The van der Waals surface area contributed by atoms with Crippen molar-refractivity contribution in [2.75, 3.05) is 17.4 Å². The Morgan fingerprint density at radius 2 is 1.43 bits per heavy atom. The number of halogens is 1. The number of unbranched alkanes of at least 4 members (excludes halogenated alkanes) is 1. The molecule has 0 bridgehead atoms. The topological polar surface area (TPSA) is 86.8 Å². The molecule has 1 N–H and O–H groups in total. The predicted octanol–water partition coefficient (Wildman–Crippen LogP) is 6.40. The van der Waals surface area contributed by atoms with Crippen LogP contribution in [0.15, 0.2) is 114 Å². The molecule has 0 heterocycles. The molecule has 2 amide bonds. The monoisotopic (exact) mass is 631 g/mol. The van der Waals surface area contributed by atoms with Crippen molar-refractivity contribution in [3.63, 3.8) is 0 Å². The Hall–Kier alpha value is -4.14. The number of amides is 2. The van der Waals surface area contributed by atoms with Gasteiger partial charge in [0, 0.05) is 24.5 Å². The lowest BCUT2D eigenvalue weighted by Crippen LogP contribution is -2.53. The number of carbonyl (C=O) groups excluding carboxylic acids is 2. The fraction of sp³-hybridized carbons (Fsp3) is 0.257. The normalized spacial score (nSPS) is 11.9. The van der Waals surface area contributed by atoms with Gasteiger partial charge in [-0.3, -0.25) is 13.9 Å². The van der Waals surface area contributed by atoms with E-state index in [9.17, 15) is 18.0 Å². The van der Waals surface area contributed by atoms with Crippen LogP contribution in [-0.2, 0) is 32.6 Å². The van der Waals surface area contributed by atoms with Gasteiger partial charge in [-0.15, -0.1) is 0 Å². The predicted molar refractivity (Wildman–Crippen MR) is 176 cm³/mol. The van der Waals surface area contributed by atoms with Gasteiger partial charge in [-0.2, -0.15) is 0 Å². The summed E-state index contributed by atoms with van der Waals surface area (Å²) in [5, 5.41) is 3.37. The SMILES string of the molecule is CCCCNC(=O)[C@@H](Cc1ccccc1)N(Cc1ccccc1)C(=O)CN(c1ccc(C)c(Cl)c1)S(=O)(=O)c1ccccc1. The van der Waals surface area contributed by atoms with E-state index in [0.717, 1.165) is 33.8 Å². The maximum absolute atomic E-state index is 14.4. The third kappa shape index (κ3) is 8.49. The van der Waals surface area contributed by atoms with E-state index in [1.807, 2.05) is 74.5 Å². The molecule has 0 radical (unpaired) electrons. The highest BCUT2D eigenvalue weighted by Gasteiger charge is 2.34. The van der Waals surface area contributed by atoms with E-state index in [2.05, 4.69) is 5.32 Å². The molecule has 0 saturated heterocycles. The van der Waals surface area contributed by atoms with Crippen LogP contribution in [0.2, 0.25) is 5.02 Å². The molecular formula is C35H38ClN3O4S. The number of benzene rings is 4. The molecule has 0 saturated carbocycles. The molecule has 0 fully saturated rings. The summed E-state index contributed by atoms with van der Waals surface area (Å²) in [6, 6.07) is 30.9. The minimum Gasteiger partial charge on any atom is -0.354 e. The highest BCUT2D eigenvalue weighted by atomic mass is 35.5. The van der Waals surface area contributed by atoms with Gasteiger partial charge in [0.15, 0.2) is 0 Å². The molecule has 4 aromatic carbocycles. The number of sulfonamides is 1. The van der Waals surface area contributed by atoms with Crippen LogP contribution in [0.1, 0.15) is 36.5 Å². The van der Waals surface area contributed by atoms with Crippen molar-refractivity contribution < 1.29 is 18.0 Å². The summed E-state index contributed by atoms with van der Waals surface area (Å²) in [4.78, 5) is 29.7. The molecule has 0 aliphatic rings. The lowest BCUT2D eigenvalue weighted by molar-refractivity contribution is -0.140. The molecule has 0 spiro atoms. The summed E-state index contributed by atoms with van der Waals surface area (Å²) in [5.41, 5.74) is 2.73. The van der Waals surface area contributed by atoms with Crippen LogP contribution in [0.3, 0.4) is 0 Å². The molecule has 7 nitrogen and oxygen atoms in total. The van der Waals surface area contributed by atoms with Crippen LogP contribution >= 0.6 is 11.6 Å². The first-order valence-electron chi connectivity index (χ1n) is 14.7. The number of nitrogens with one attached hydrogen (secondary N) is 1. The number of rotatable bonds is 14. The Morgan fingerprint density at radius 1 is 0.841 bits per heavy atom. The summed E-state index contributed by atoms with van der Waals surface area (Å²) >= 11 is 6.43. The van der Waals surface area contributed by atoms with E-state index < -0.39 is 28.5 Å². The zero-order chi connectivity index (χ0) is 31.5. The van der Waals surface area contributed by atoms with Crippen LogP contribution in [0.25, 0.3) is 0 Å². The molecule has 0 aromatic heterocycles. The molecule has 4 rings (SSSR count). The van der Waals surface area contributed by atoms with Crippen molar-refractivity contribution in [3.8, 4) is 0 Å². The van der Waals surface area contributed by atoms with Gasteiger partial charge in [-0.25, -0.2) is 8.42 Å². The molecule has 4 aromatic rings. The van der Waals surface area contributed by atoms with Gasteiger partial charge in [-0.05, 0) is 54.3 Å². The maximum atomic E-state index is 14.4. The Kier molecular flexibility index (Phi) is 11.6. The second-order valence-corrected chi connectivity index (χ2v) is 12.9. The fourth-order valence-electron chi connectivity index (χ4n) is 4.83. The minimum atomic E-state index is -4.18. The average Bonchev–Trinajstić information content (AvgIpc) is 3.04. The summed E-state index contributed by atoms with van der Waals surface area (Å²) in [7, 11) is -4.18. The second kappa shape index (κ2) is 15.5. The Bertz CT molecular complexity index is 1630. The average molecular weight is 632 g/mol. The Balaban J connectivity index is 1.78. The molecule has 230 valence electrons. The van der Waals surface area contributed by atoms with Crippen molar-refractivity contribution in [1.29, 1.82) is 0 Å². The van der Waals surface area contributed by atoms with Gasteiger partial charge in [0.05, 0.1) is 10.6 Å². The number of nitrogens with zero attached hydrogens (tertiary/aromatic N) is 2. The van der Waals surface area contributed by atoms with Crippen molar-refractivity contribution in [2.24, 2.45) is 0 Å². The number of hydrogen-bond donors (Lipinski definition) is 1. The Labute approximate surface area is 265 Å². The third-order valence-corrected chi connectivity index (χ3v) is 9.55. The molecule has 44 heavy (non-hydrogen) atoms. The molecule has 9 heteroatoms. The van der Waals surface area contributed by atoms with E-state index in [-0.39, 0.29) is 29.5 Å². The van der Waals surface area contributed by atoms with E-state index in [1.165, 1.54) is 17.0 Å². The van der Waals surface area contributed by atoms with Gasteiger partial charge in [0.25, 0.3) is 10.0 Å². The van der Waals surface area contributed by atoms with Crippen LogP contribution in [0.4, 0.5) is 5.69 Å². The van der Waals surface area contributed by atoms with Crippen molar-refractivity contribution >= 4 is 39.1 Å². The molecule has 0 aliphatic carbocycles. The van der Waals surface area contributed by atoms with Crippen molar-refractivity contribution in [1.82, 2.24) is 10.2 Å². The van der Waals surface area contributed by atoms with Crippen LogP contribution < -0.4 is 9.62 Å². The molecule has 0 unspecified atom stereocenters. The first-order valence-corrected chi connectivity index (χ1v) is 16.5. The van der Waals surface area contributed by atoms with Crippen molar-refractivity contribution in [2.45, 2.75) is 50.6 Å². The summed E-state index contributed by atoms with van der Waals surface area (Å²) in [5.74, 6) is -0.806. The van der Waals surface area contributed by atoms with Gasteiger partial charge in [0.2, 0.25) is 11.8 Å².